The van der Waals surface area contributed by atoms with Crippen LogP contribution in [0.2, 0.25) is 0 Å². The van der Waals surface area contributed by atoms with Crippen molar-refractivity contribution in [1.29, 1.82) is 0 Å². The van der Waals surface area contributed by atoms with E-state index in [2.05, 4.69) is 12.2 Å². The van der Waals surface area contributed by atoms with Crippen LogP contribution in [0.15, 0.2) is 24.3 Å². The number of hydrogen-bond donors (Lipinski definition) is 1. The number of carbonyl (C=O) groups excluding carboxylic acids is 2. The maximum absolute atomic E-state index is 13.3. The Morgan fingerprint density at radius 2 is 2.04 bits per heavy atom. The van der Waals surface area contributed by atoms with Crippen LogP contribution in [0.3, 0.4) is 0 Å². The Kier molecular flexibility index (Phi) is 8.05. The molecule has 2 aliphatic rings. The van der Waals surface area contributed by atoms with Gasteiger partial charge in [-0.05, 0) is 55.5 Å². The third-order valence-electron chi connectivity index (χ3n) is 5.62. The number of nitrogens with zero attached hydrogens (tertiary/aromatic N) is 2. The fourth-order valence-corrected chi connectivity index (χ4v) is 3.93. The Morgan fingerprint density at radius 1 is 1.30 bits per heavy atom. The average Bonchev–Trinajstić information content (AvgIpc) is 2.64. The van der Waals surface area contributed by atoms with Gasteiger partial charge in [0.05, 0.1) is 6.54 Å². The molecule has 2 amide bonds. The van der Waals surface area contributed by atoms with Gasteiger partial charge in [0.2, 0.25) is 11.8 Å². The highest BCUT2D eigenvalue weighted by Gasteiger charge is 2.29. The summed E-state index contributed by atoms with van der Waals surface area (Å²) in [5, 5.41) is 3.35. The van der Waals surface area contributed by atoms with Gasteiger partial charge in [-0.3, -0.25) is 9.59 Å². The zero-order chi connectivity index (χ0) is 18.5. The fourth-order valence-electron chi connectivity index (χ4n) is 3.93. The molecule has 0 saturated carbocycles. The van der Waals surface area contributed by atoms with Gasteiger partial charge in [-0.25, -0.2) is 4.39 Å². The Morgan fingerprint density at radius 3 is 2.70 bits per heavy atom. The van der Waals surface area contributed by atoms with Crippen molar-refractivity contribution in [2.75, 3.05) is 32.7 Å². The first-order valence-electron chi connectivity index (χ1n) is 9.53. The molecule has 2 aliphatic heterocycles. The van der Waals surface area contributed by atoms with Crippen molar-refractivity contribution in [3.05, 3.63) is 35.6 Å². The van der Waals surface area contributed by atoms with Crippen LogP contribution in [0.1, 0.15) is 31.7 Å². The number of nitrogens with one attached hydrogen (secondary N) is 1. The Hall–Kier alpha value is -1.66. The van der Waals surface area contributed by atoms with Crippen LogP contribution in [0.4, 0.5) is 4.39 Å². The number of amides is 2. The molecule has 1 N–H and O–H groups in total. The average molecular weight is 398 g/mol. The van der Waals surface area contributed by atoms with E-state index in [9.17, 15) is 14.0 Å². The van der Waals surface area contributed by atoms with Crippen molar-refractivity contribution < 1.29 is 14.0 Å². The number of halogens is 2. The number of carbonyl (C=O) groups is 2. The van der Waals surface area contributed by atoms with Gasteiger partial charge >= 0.3 is 0 Å². The number of piperazine rings is 1. The molecule has 3 rings (SSSR count). The normalized spacial score (nSPS) is 19.6. The molecule has 0 bridgehead atoms. The van der Waals surface area contributed by atoms with Gasteiger partial charge in [0.1, 0.15) is 5.82 Å². The van der Waals surface area contributed by atoms with E-state index >= 15 is 0 Å². The van der Waals surface area contributed by atoms with Crippen molar-refractivity contribution >= 4 is 24.2 Å². The van der Waals surface area contributed by atoms with Crippen LogP contribution in [-0.2, 0) is 16.1 Å². The maximum atomic E-state index is 13.3. The van der Waals surface area contributed by atoms with E-state index < -0.39 is 0 Å². The Balaban J connectivity index is 0.00000261. The highest BCUT2D eigenvalue weighted by atomic mass is 35.5. The summed E-state index contributed by atoms with van der Waals surface area (Å²) in [6.45, 7) is 5.79. The van der Waals surface area contributed by atoms with E-state index in [0.29, 0.717) is 37.9 Å². The smallest absolute Gasteiger partial charge is 0.242 e. The summed E-state index contributed by atoms with van der Waals surface area (Å²) in [6, 6.07) is 6.31. The lowest BCUT2D eigenvalue weighted by Gasteiger charge is -2.36. The van der Waals surface area contributed by atoms with Crippen LogP contribution in [0.5, 0.6) is 0 Å². The van der Waals surface area contributed by atoms with Crippen LogP contribution in [0.25, 0.3) is 0 Å². The number of hydrogen-bond acceptors (Lipinski definition) is 3. The van der Waals surface area contributed by atoms with E-state index in [1.807, 2.05) is 6.07 Å². The summed E-state index contributed by atoms with van der Waals surface area (Å²) in [4.78, 5) is 28.4. The molecule has 150 valence electrons. The van der Waals surface area contributed by atoms with E-state index in [4.69, 9.17) is 0 Å². The molecule has 0 radical (unpaired) electrons. The molecule has 27 heavy (non-hydrogen) atoms. The van der Waals surface area contributed by atoms with Gasteiger partial charge in [-0.15, -0.1) is 12.4 Å². The van der Waals surface area contributed by atoms with E-state index in [1.54, 1.807) is 15.9 Å². The summed E-state index contributed by atoms with van der Waals surface area (Å²) in [5.74, 6) is 0.657. The first kappa shape index (κ1) is 21.6. The van der Waals surface area contributed by atoms with Crippen molar-refractivity contribution in [2.24, 2.45) is 11.8 Å². The number of benzene rings is 1. The molecule has 1 aromatic carbocycles. The minimum absolute atomic E-state index is 0. The lowest BCUT2D eigenvalue weighted by Crippen LogP contribution is -2.52. The summed E-state index contributed by atoms with van der Waals surface area (Å²) >= 11 is 0. The van der Waals surface area contributed by atoms with E-state index in [1.165, 1.54) is 12.1 Å². The third-order valence-corrected chi connectivity index (χ3v) is 5.62. The third kappa shape index (κ3) is 5.91. The zero-order valence-corrected chi connectivity index (χ0v) is 16.6. The van der Waals surface area contributed by atoms with Crippen LogP contribution in [0, 0.1) is 17.7 Å². The molecule has 1 unspecified atom stereocenters. The van der Waals surface area contributed by atoms with Crippen LogP contribution in [-0.4, -0.2) is 54.3 Å². The van der Waals surface area contributed by atoms with Gasteiger partial charge in [0, 0.05) is 26.1 Å². The quantitative estimate of drug-likeness (QED) is 0.830. The van der Waals surface area contributed by atoms with Gasteiger partial charge in [0.15, 0.2) is 0 Å². The molecule has 1 atom stereocenters. The number of rotatable bonds is 5. The van der Waals surface area contributed by atoms with Crippen LogP contribution < -0.4 is 5.32 Å². The highest BCUT2D eigenvalue weighted by Crippen LogP contribution is 2.25. The van der Waals surface area contributed by atoms with Crippen molar-refractivity contribution in [1.82, 2.24) is 15.1 Å². The Labute approximate surface area is 166 Å². The van der Waals surface area contributed by atoms with Gasteiger partial charge in [-0.1, -0.05) is 19.1 Å². The molecular formula is C20H29ClFN3O2. The molecule has 0 aliphatic carbocycles. The van der Waals surface area contributed by atoms with Crippen molar-refractivity contribution in [3.63, 3.8) is 0 Å². The molecular weight excluding hydrogens is 369 g/mol. The van der Waals surface area contributed by atoms with Crippen molar-refractivity contribution in [2.45, 2.75) is 32.7 Å². The SMILES string of the molecule is CC(CC(=O)N1CCN(Cc2cccc(F)c2)C(=O)C1)C1CCNCC1.Cl. The minimum atomic E-state index is -0.296. The summed E-state index contributed by atoms with van der Waals surface area (Å²) in [7, 11) is 0. The van der Waals surface area contributed by atoms with E-state index in [0.717, 1.165) is 31.5 Å². The fraction of sp³-hybridized carbons (Fsp3) is 0.600. The molecule has 7 heteroatoms. The first-order valence-corrected chi connectivity index (χ1v) is 9.53. The van der Waals surface area contributed by atoms with Gasteiger partial charge in [-0.2, -0.15) is 0 Å². The second-order valence-corrected chi connectivity index (χ2v) is 7.53. The summed E-state index contributed by atoms with van der Waals surface area (Å²) in [6.07, 6.45) is 2.76. The van der Waals surface area contributed by atoms with Crippen LogP contribution >= 0.6 is 12.4 Å². The lowest BCUT2D eigenvalue weighted by molar-refractivity contribution is -0.146. The predicted octanol–water partition coefficient (Wildman–Crippen LogP) is 2.44. The first-order chi connectivity index (χ1) is 12.5. The Bertz CT molecular complexity index is 652. The topological polar surface area (TPSA) is 52.7 Å². The molecule has 2 fully saturated rings. The number of piperidine rings is 1. The molecule has 1 aromatic rings. The molecule has 0 spiro atoms. The minimum Gasteiger partial charge on any atom is -0.335 e. The second-order valence-electron chi connectivity index (χ2n) is 7.53. The summed E-state index contributed by atoms with van der Waals surface area (Å²) in [5.41, 5.74) is 0.776. The zero-order valence-electron chi connectivity index (χ0n) is 15.8. The van der Waals surface area contributed by atoms with Gasteiger partial charge in [0.25, 0.3) is 0 Å². The van der Waals surface area contributed by atoms with Gasteiger partial charge < -0.3 is 15.1 Å². The largest absolute Gasteiger partial charge is 0.335 e. The van der Waals surface area contributed by atoms with E-state index in [-0.39, 0.29) is 36.6 Å². The molecule has 2 heterocycles. The lowest BCUT2D eigenvalue weighted by atomic mass is 9.84. The maximum Gasteiger partial charge on any atom is 0.242 e. The summed E-state index contributed by atoms with van der Waals surface area (Å²) < 4.78 is 13.3. The monoisotopic (exact) mass is 397 g/mol. The molecule has 0 aromatic heterocycles. The molecule has 2 saturated heterocycles. The second kappa shape index (κ2) is 10.0. The predicted molar refractivity (Wildman–Crippen MR) is 105 cm³/mol. The molecule has 5 nitrogen and oxygen atoms in total. The standard InChI is InChI=1S/C20H28FN3O2.ClH/c1-15(17-5-7-22-8-6-17)11-19(25)24-10-9-23(20(26)14-24)13-16-3-2-4-18(21)12-16;/h2-4,12,15,17,22H,5-11,13-14H2,1H3;1H. The highest BCUT2D eigenvalue weighted by molar-refractivity contribution is 5.86. The van der Waals surface area contributed by atoms with Crippen molar-refractivity contribution in [3.8, 4) is 0 Å².